The predicted octanol–water partition coefficient (Wildman–Crippen LogP) is 2.74. The van der Waals surface area contributed by atoms with Crippen LogP contribution in [0.25, 0.3) is 6.08 Å². The Bertz CT molecular complexity index is 271. The van der Waals surface area contributed by atoms with E-state index in [0.717, 1.165) is 12.1 Å². The molecule has 66 valence electrons. The summed E-state index contributed by atoms with van der Waals surface area (Å²) in [6.45, 7) is 10.2. The first-order valence-corrected chi connectivity index (χ1v) is 4.28. The van der Waals surface area contributed by atoms with Crippen molar-refractivity contribution in [2.45, 2.75) is 32.6 Å². The lowest BCUT2D eigenvalue weighted by molar-refractivity contribution is 0.489. The first-order valence-electron chi connectivity index (χ1n) is 4.28. The van der Waals surface area contributed by atoms with E-state index in [1.54, 1.807) is 6.08 Å². The third-order valence-electron chi connectivity index (χ3n) is 2.42. The van der Waals surface area contributed by atoms with Gasteiger partial charge in [0.25, 0.3) is 0 Å². The lowest BCUT2D eigenvalue weighted by atomic mass is 9.86. The summed E-state index contributed by atoms with van der Waals surface area (Å²) < 4.78 is 0. The van der Waals surface area contributed by atoms with Gasteiger partial charge in [0, 0.05) is 11.1 Å². The third-order valence-corrected chi connectivity index (χ3v) is 2.42. The monoisotopic (exact) mass is 164 g/mol. The van der Waals surface area contributed by atoms with Gasteiger partial charge in [0.05, 0.1) is 5.69 Å². The fourth-order valence-electron chi connectivity index (χ4n) is 0.979. The van der Waals surface area contributed by atoms with Gasteiger partial charge < -0.3 is 0 Å². The minimum atomic E-state index is 0.189. The highest BCUT2D eigenvalue weighted by Crippen LogP contribution is 2.25. The van der Waals surface area contributed by atoms with E-state index >= 15 is 0 Å². The van der Waals surface area contributed by atoms with Gasteiger partial charge in [-0.2, -0.15) is 5.10 Å². The molecule has 2 nitrogen and oxygen atoms in total. The maximum atomic E-state index is 4.11. The second-order valence-corrected chi connectivity index (χ2v) is 3.65. The molecule has 1 aromatic rings. The molecule has 0 spiro atoms. The lowest BCUT2D eigenvalue weighted by Crippen LogP contribution is -2.15. The van der Waals surface area contributed by atoms with Crippen LogP contribution in [0.5, 0.6) is 0 Å². The van der Waals surface area contributed by atoms with Crippen molar-refractivity contribution < 1.29 is 0 Å². The Morgan fingerprint density at radius 3 is 2.75 bits per heavy atom. The van der Waals surface area contributed by atoms with Crippen LogP contribution < -0.4 is 0 Å². The van der Waals surface area contributed by atoms with Crippen molar-refractivity contribution in [1.29, 1.82) is 0 Å². The van der Waals surface area contributed by atoms with Gasteiger partial charge in [0.1, 0.15) is 0 Å². The van der Waals surface area contributed by atoms with Crippen molar-refractivity contribution in [3.63, 3.8) is 0 Å². The molecule has 0 unspecified atom stereocenters. The number of nitrogens with zero attached hydrogens (tertiary/aromatic N) is 1. The number of nitrogens with one attached hydrogen (secondary N) is 1. The summed E-state index contributed by atoms with van der Waals surface area (Å²) in [5.74, 6) is 0. The molecule has 1 heterocycles. The Kier molecular flexibility index (Phi) is 2.36. The van der Waals surface area contributed by atoms with Gasteiger partial charge in [0.2, 0.25) is 0 Å². The molecule has 0 saturated heterocycles. The molecule has 0 aromatic carbocycles. The van der Waals surface area contributed by atoms with Crippen LogP contribution >= 0.6 is 0 Å². The Hall–Kier alpha value is -1.05. The molecule has 0 radical (unpaired) electrons. The summed E-state index contributed by atoms with van der Waals surface area (Å²) in [6, 6.07) is 2.05. The first kappa shape index (κ1) is 9.04. The van der Waals surface area contributed by atoms with Crippen molar-refractivity contribution in [3.05, 3.63) is 24.0 Å². The van der Waals surface area contributed by atoms with Gasteiger partial charge in [-0.3, -0.25) is 5.10 Å². The number of rotatable bonds is 3. The van der Waals surface area contributed by atoms with E-state index in [0.29, 0.717) is 0 Å². The number of hydrogen-bond donors (Lipinski definition) is 1. The summed E-state index contributed by atoms with van der Waals surface area (Å²) in [4.78, 5) is 0. The van der Waals surface area contributed by atoms with Crippen molar-refractivity contribution in [2.75, 3.05) is 0 Å². The molecule has 0 bridgehead atoms. The van der Waals surface area contributed by atoms with Crippen LogP contribution in [0.1, 0.15) is 38.6 Å². The van der Waals surface area contributed by atoms with Crippen LogP contribution in [-0.4, -0.2) is 10.2 Å². The van der Waals surface area contributed by atoms with Crippen LogP contribution in [0, 0.1) is 0 Å². The Morgan fingerprint density at radius 2 is 2.33 bits per heavy atom. The van der Waals surface area contributed by atoms with Crippen molar-refractivity contribution in [2.24, 2.45) is 0 Å². The molecule has 0 aliphatic carbocycles. The number of aromatic nitrogens is 2. The molecule has 0 fully saturated rings. The molecule has 1 rings (SSSR count). The molecule has 0 aliphatic rings. The zero-order valence-electron chi connectivity index (χ0n) is 8.02. The van der Waals surface area contributed by atoms with Crippen LogP contribution in [0.2, 0.25) is 0 Å². The predicted molar refractivity (Wildman–Crippen MR) is 52.0 cm³/mol. The molecule has 2 heteroatoms. The minimum Gasteiger partial charge on any atom is -0.281 e. The molecule has 0 amide bonds. The van der Waals surface area contributed by atoms with E-state index in [1.165, 1.54) is 5.69 Å². The highest BCUT2D eigenvalue weighted by molar-refractivity contribution is 5.42. The van der Waals surface area contributed by atoms with Crippen molar-refractivity contribution >= 4 is 6.08 Å². The second-order valence-electron chi connectivity index (χ2n) is 3.65. The van der Waals surface area contributed by atoms with E-state index in [-0.39, 0.29) is 5.41 Å². The molecular formula is C10H16N2. The van der Waals surface area contributed by atoms with Crippen LogP contribution in [0.15, 0.2) is 12.6 Å². The van der Waals surface area contributed by atoms with E-state index in [4.69, 9.17) is 0 Å². The van der Waals surface area contributed by atoms with E-state index in [1.807, 2.05) is 0 Å². The summed E-state index contributed by atoms with van der Waals surface area (Å²) >= 11 is 0. The maximum absolute atomic E-state index is 4.11. The Balaban J connectivity index is 2.95. The highest BCUT2D eigenvalue weighted by Gasteiger charge is 2.19. The van der Waals surface area contributed by atoms with Crippen LogP contribution in [-0.2, 0) is 5.41 Å². The van der Waals surface area contributed by atoms with Crippen molar-refractivity contribution in [3.8, 4) is 0 Å². The van der Waals surface area contributed by atoms with Crippen LogP contribution in [0.4, 0.5) is 0 Å². The van der Waals surface area contributed by atoms with E-state index in [9.17, 15) is 0 Å². The van der Waals surface area contributed by atoms with E-state index in [2.05, 4.69) is 43.6 Å². The van der Waals surface area contributed by atoms with Crippen molar-refractivity contribution in [1.82, 2.24) is 10.2 Å². The average molecular weight is 164 g/mol. The maximum Gasteiger partial charge on any atom is 0.0845 e. The fourth-order valence-corrected chi connectivity index (χ4v) is 0.979. The molecular weight excluding hydrogens is 148 g/mol. The summed E-state index contributed by atoms with van der Waals surface area (Å²) in [6.07, 6.45) is 2.86. The van der Waals surface area contributed by atoms with Gasteiger partial charge in [-0.25, -0.2) is 0 Å². The zero-order valence-corrected chi connectivity index (χ0v) is 8.02. The summed E-state index contributed by atoms with van der Waals surface area (Å²) in [7, 11) is 0. The third kappa shape index (κ3) is 1.58. The molecule has 1 N–H and O–H groups in total. The summed E-state index contributed by atoms with van der Waals surface area (Å²) in [5.41, 5.74) is 2.29. The van der Waals surface area contributed by atoms with Gasteiger partial charge in [0.15, 0.2) is 0 Å². The van der Waals surface area contributed by atoms with Gasteiger partial charge in [-0.05, 0) is 18.6 Å². The molecule has 1 aromatic heterocycles. The highest BCUT2D eigenvalue weighted by atomic mass is 15.1. The molecule has 0 atom stereocenters. The van der Waals surface area contributed by atoms with Gasteiger partial charge in [-0.15, -0.1) is 0 Å². The Morgan fingerprint density at radius 1 is 1.67 bits per heavy atom. The quantitative estimate of drug-likeness (QED) is 0.731. The number of aromatic amines is 1. The molecule has 12 heavy (non-hydrogen) atoms. The smallest absolute Gasteiger partial charge is 0.0845 e. The SMILES string of the molecule is C=Cc1cc(C(C)(C)CC)[nH]n1. The second kappa shape index (κ2) is 3.13. The lowest BCUT2D eigenvalue weighted by Gasteiger charge is -2.19. The van der Waals surface area contributed by atoms with Gasteiger partial charge >= 0.3 is 0 Å². The van der Waals surface area contributed by atoms with E-state index < -0.39 is 0 Å². The minimum absolute atomic E-state index is 0.189. The number of H-pyrrole nitrogens is 1. The van der Waals surface area contributed by atoms with Gasteiger partial charge in [-0.1, -0.05) is 27.4 Å². The standard InChI is InChI=1S/C10H16N2/c1-5-8-7-9(12-11-8)10(3,4)6-2/h5,7H,1,6H2,2-4H3,(H,11,12). The fraction of sp³-hybridized carbons (Fsp3) is 0.500. The molecule has 0 aliphatic heterocycles. The Labute approximate surface area is 73.7 Å². The zero-order chi connectivity index (χ0) is 9.19. The average Bonchev–Trinajstić information content (AvgIpc) is 2.52. The molecule has 0 saturated carbocycles. The first-order chi connectivity index (χ1) is 5.60. The largest absolute Gasteiger partial charge is 0.281 e. The summed E-state index contributed by atoms with van der Waals surface area (Å²) in [5, 5.41) is 7.13. The normalized spacial score (nSPS) is 11.6. The topological polar surface area (TPSA) is 28.7 Å². The number of hydrogen-bond acceptors (Lipinski definition) is 1. The van der Waals surface area contributed by atoms with Crippen LogP contribution in [0.3, 0.4) is 0 Å².